The number of likely N-dealkylation sites (tertiary alicyclic amines) is 1. The molecule has 172 valence electrons. The number of carbonyl (C=O) groups is 2. The molecule has 1 saturated carbocycles. The number of thiol groups is 1. The summed E-state index contributed by atoms with van der Waals surface area (Å²) in [5.41, 5.74) is 5.68. The Hall–Kier alpha value is -1.03. The Bertz CT molecular complexity index is 571. The van der Waals surface area contributed by atoms with E-state index >= 15 is 0 Å². The van der Waals surface area contributed by atoms with Crippen LogP contribution in [0.4, 0.5) is 4.79 Å². The second-order valence-electron chi connectivity index (χ2n) is 9.23. The first-order valence-electron chi connectivity index (χ1n) is 11.5. The lowest BCUT2D eigenvalue weighted by Crippen LogP contribution is -2.65. The molecule has 3 rings (SSSR count). The first kappa shape index (κ1) is 23.6. The predicted octanol–water partition coefficient (Wildman–Crippen LogP) is 1.16. The van der Waals surface area contributed by atoms with Gasteiger partial charge in [-0.1, -0.05) is 32.1 Å². The third-order valence-electron chi connectivity index (χ3n) is 7.02. The largest absolute Gasteiger partial charge is 0.378 e. The molecule has 9 heteroatoms. The van der Waals surface area contributed by atoms with Gasteiger partial charge in [-0.3, -0.25) is 4.79 Å². The highest BCUT2D eigenvalue weighted by Gasteiger charge is 2.41. The summed E-state index contributed by atoms with van der Waals surface area (Å²) in [7, 11) is 2.07. The molecule has 3 aliphatic rings. The maximum atomic E-state index is 13.4. The van der Waals surface area contributed by atoms with Crippen molar-refractivity contribution in [2.75, 3.05) is 46.4 Å². The Labute approximate surface area is 186 Å². The lowest BCUT2D eigenvalue weighted by atomic mass is 9.83. The minimum Gasteiger partial charge on any atom is -0.378 e. The molecule has 0 spiro atoms. The number of ether oxygens (including phenoxy) is 1. The monoisotopic (exact) mass is 441 g/mol. The standard InChI is InChI=1S/C21H39N5O3S/c1-25-9-7-21(8-10-25,19(22)30)24-18(27)17(15-16-5-3-2-4-6-16)23-20(28)26-11-13-29-14-12-26/h16-17,19,30H,2-15,22H2,1H3,(H,23,28)(H,24,27)/t17-,19?/m0/s1. The van der Waals surface area contributed by atoms with E-state index in [4.69, 9.17) is 10.5 Å². The van der Waals surface area contributed by atoms with Crippen LogP contribution >= 0.6 is 12.6 Å². The third kappa shape index (κ3) is 6.24. The van der Waals surface area contributed by atoms with Crippen LogP contribution in [0.1, 0.15) is 51.4 Å². The predicted molar refractivity (Wildman–Crippen MR) is 120 cm³/mol. The number of piperidine rings is 1. The van der Waals surface area contributed by atoms with Gasteiger partial charge in [-0.05, 0) is 32.2 Å². The van der Waals surface area contributed by atoms with Gasteiger partial charge in [-0.25, -0.2) is 4.79 Å². The molecule has 2 heterocycles. The molecule has 0 bridgehead atoms. The smallest absolute Gasteiger partial charge is 0.318 e. The lowest BCUT2D eigenvalue weighted by Gasteiger charge is -2.44. The average molecular weight is 442 g/mol. The molecule has 2 saturated heterocycles. The van der Waals surface area contributed by atoms with Crippen molar-refractivity contribution < 1.29 is 14.3 Å². The van der Waals surface area contributed by atoms with E-state index in [1.165, 1.54) is 19.3 Å². The Balaban J connectivity index is 1.68. The van der Waals surface area contributed by atoms with Crippen LogP contribution in [0.5, 0.6) is 0 Å². The van der Waals surface area contributed by atoms with Crippen molar-refractivity contribution in [3.63, 3.8) is 0 Å². The van der Waals surface area contributed by atoms with E-state index in [1.807, 2.05) is 0 Å². The van der Waals surface area contributed by atoms with Crippen molar-refractivity contribution in [3.8, 4) is 0 Å². The summed E-state index contributed by atoms with van der Waals surface area (Å²) in [4.78, 5) is 30.2. The SMILES string of the molecule is CN1CCC(NC(=O)[C@H](CC2CCCCC2)NC(=O)N2CCOCC2)(C(N)S)CC1. The van der Waals surface area contributed by atoms with E-state index in [0.29, 0.717) is 38.6 Å². The fraction of sp³-hybridized carbons (Fsp3) is 0.905. The average Bonchev–Trinajstić information content (AvgIpc) is 2.76. The summed E-state index contributed by atoms with van der Waals surface area (Å²) >= 11 is 4.52. The Morgan fingerprint density at radius 3 is 2.37 bits per heavy atom. The molecule has 4 N–H and O–H groups in total. The maximum absolute atomic E-state index is 13.4. The normalized spacial score (nSPS) is 25.4. The molecular weight excluding hydrogens is 402 g/mol. The lowest BCUT2D eigenvalue weighted by molar-refractivity contribution is -0.126. The van der Waals surface area contributed by atoms with Gasteiger partial charge in [0.25, 0.3) is 0 Å². The highest BCUT2D eigenvalue weighted by Crippen LogP contribution is 2.29. The van der Waals surface area contributed by atoms with Crippen LogP contribution < -0.4 is 16.4 Å². The molecule has 3 amide bonds. The van der Waals surface area contributed by atoms with E-state index in [0.717, 1.165) is 38.8 Å². The zero-order valence-corrected chi connectivity index (χ0v) is 19.2. The molecule has 0 aromatic carbocycles. The van der Waals surface area contributed by atoms with Crippen LogP contribution in [0, 0.1) is 5.92 Å². The zero-order valence-electron chi connectivity index (χ0n) is 18.3. The van der Waals surface area contributed by atoms with Gasteiger partial charge >= 0.3 is 6.03 Å². The molecule has 0 aromatic heterocycles. The van der Waals surface area contributed by atoms with Gasteiger partial charge in [-0.15, -0.1) is 0 Å². The van der Waals surface area contributed by atoms with E-state index in [-0.39, 0.29) is 11.9 Å². The highest BCUT2D eigenvalue weighted by atomic mass is 32.1. The molecule has 8 nitrogen and oxygen atoms in total. The van der Waals surface area contributed by atoms with E-state index < -0.39 is 17.0 Å². The molecule has 1 aliphatic carbocycles. The maximum Gasteiger partial charge on any atom is 0.318 e. The number of hydrogen-bond acceptors (Lipinski definition) is 6. The number of nitrogens with zero attached hydrogens (tertiary/aromatic N) is 2. The number of carbonyl (C=O) groups excluding carboxylic acids is 2. The van der Waals surface area contributed by atoms with Gasteiger partial charge in [0.15, 0.2) is 0 Å². The molecule has 1 unspecified atom stereocenters. The number of rotatable bonds is 6. The van der Waals surface area contributed by atoms with Gasteiger partial charge in [0.05, 0.1) is 24.1 Å². The van der Waals surface area contributed by atoms with Crippen molar-refractivity contribution in [2.24, 2.45) is 11.7 Å². The summed E-state index contributed by atoms with van der Waals surface area (Å²) in [6, 6.07) is -0.728. The van der Waals surface area contributed by atoms with Crippen LogP contribution in [-0.4, -0.2) is 85.1 Å². The molecule has 3 fully saturated rings. The number of nitrogens with one attached hydrogen (secondary N) is 2. The summed E-state index contributed by atoms with van der Waals surface area (Å²) in [6.07, 6.45) is 8.11. The molecule has 2 atom stereocenters. The van der Waals surface area contributed by atoms with Crippen molar-refractivity contribution >= 4 is 24.6 Å². The van der Waals surface area contributed by atoms with Gasteiger partial charge in [0, 0.05) is 26.2 Å². The van der Waals surface area contributed by atoms with Crippen molar-refractivity contribution in [1.82, 2.24) is 20.4 Å². The molecular formula is C21H39N5O3S. The number of nitrogens with two attached hydrogens (primary N) is 1. The van der Waals surface area contributed by atoms with E-state index in [1.54, 1.807) is 4.90 Å². The first-order valence-corrected chi connectivity index (χ1v) is 12.0. The molecule has 0 aromatic rings. The zero-order chi connectivity index (χ0) is 21.6. The van der Waals surface area contributed by atoms with Gasteiger partial charge < -0.3 is 30.9 Å². The van der Waals surface area contributed by atoms with Gasteiger partial charge in [-0.2, -0.15) is 12.6 Å². The van der Waals surface area contributed by atoms with Crippen LogP contribution in [0.25, 0.3) is 0 Å². The Kier molecular flexibility index (Phi) is 8.68. The van der Waals surface area contributed by atoms with Crippen LogP contribution in [0.2, 0.25) is 0 Å². The summed E-state index contributed by atoms with van der Waals surface area (Å²) in [5.74, 6) is 0.342. The fourth-order valence-electron chi connectivity index (χ4n) is 4.84. The molecule has 30 heavy (non-hydrogen) atoms. The van der Waals surface area contributed by atoms with Gasteiger partial charge in [0.1, 0.15) is 6.04 Å². The second-order valence-corrected chi connectivity index (χ2v) is 9.79. The van der Waals surface area contributed by atoms with Crippen LogP contribution in [0.15, 0.2) is 0 Å². The summed E-state index contributed by atoms with van der Waals surface area (Å²) in [5, 5.41) is 5.81. The first-order chi connectivity index (χ1) is 14.4. The highest BCUT2D eigenvalue weighted by molar-refractivity contribution is 7.81. The van der Waals surface area contributed by atoms with Gasteiger partial charge in [0.2, 0.25) is 5.91 Å². The number of urea groups is 1. The molecule has 0 radical (unpaired) electrons. The van der Waals surface area contributed by atoms with Crippen molar-refractivity contribution in [2.45, 2.75) is 68.3 Å². The third-order valence-corrected chi connectivity index (χ3v) is 7.52. The number of morpholine rings is 1. The van der Waals surface area contributed by atoms with Crippen LogP contribution in [0.3, 0.4) is 0 Å². The van der Waals surface area contributed by atoms with Crippen LogP contribution in [-0.2, 0) is 9.53 Å². The minimum atomic E-state index is -0.549. The topological polar surface area (TPSA) is 99.9 Å². The Morgan fingerprint density at radius 1 is 1.13 bits per heavy atom. The van der Waals surface area contributed by atoms with Crippen molar-refractivity contribution in [1.29, 1.82) is 0 Å². The van der Waals surface area contributed by atoms with E-state index in [9.17, 15) is 9.59 Å². The van der Waals surface area contributed by atoms with Crippen molar-refractivity contribution in [3.05, 3.63) is 0 Å². The van der Waals surface area contributed by atoms with E-state index in [2.05, 4.69) is 35.2 Å². The Morgan fingerprint density at radius 2 is 1.77 bits per heavy atom. The fourth-order valence-corrected chi connectivity index (χ4v) is 5.16. The molecule has 2 aliphatic heterocycles. The second kappa shape index (κ2) is 11.0. The number of hydrogen-bond donors (Lipinski definition) is 4. The number of amides is 3. The summed E-state index contributed by atoms with van der Waals surface area (Å²) in [6.45, 7) is 3.92. The summed E-state index contributed by atoms with van der Waals surface area (Å²) < 4.78 is 5.35. The minimum absolute atomic E-state index is 0.128. The quantitative estimate of drug-likeness (QED) is 0.366.